The molecule has 0 amide bonds. The number of halogens is 6. The van der Waals surface area contributed by atoms with Gasteiger partial charge >= 0.3 is 5.97 Å². The summed E-state index contributed by atoms with van der Waals surface area (Å²) in [6, 6.07) is 6.93. The molecule has 1 saturated carbocycles. The standard InChI is InChI=1S/C29H26F6O4/c1-3-38-21-12-11-20(26(33)27(21)34)19-9-8-18(24(31)25(19)32)15-4-6-16(7-5-15)29(37)39-22-13-10-17(14(2)36)23(30)28(22)35/h8-16,36H,3-7H2,1-2H3. The summed E-state index contributed by atoms with van der Waals surface area (Å²) in [6.07, 6.45) is -0.250. The Bertz CT molecular complexity index is 1380. The third-order valence-electron chi connectivity index (χ3n) is 6.99. The number of hydrogen-bond acceptors (Lipinski definition) is 4. The van der Waals surface area contributed by atoms with Crippen LogP contribution in [-0.4, -0.2) is 17.7 Å². The predicted octanol–water partition coefficient (Wildman–Crippen LogP) is 7.52. The number of hydrogen-bond donors (Lipinski definition) is 1. The van der Waals surface area contributed by atoms with Crippen LogP contribution in [0.2, 0.25) is 0 Å². The first-order valence-corrected chi connectivity index (χ1v) is 12.5. The monoisotopic (exact) mass is 552 g/mol. The zero-order valence-electron chi connectivity index (χ0n) is 21.2. The molecule has 4 rings (SSSR count). The number of aliphatic hydroxyl groups excluding tert-OH is 1. The SMILES string of the molecule is CCOc1ccc(-c2ccc(C3CCC(C(=O)Oc4ccc(C(C)O)c(F)c4F)CC3)c(F)c2F)c(F)c1F. The maximum Gasteiger partial charge on any atom is 0.314 e. The van der Waals surface area contributed by atoms with Crippen LogP contribution in [0.25, 0.3) is 11.1 Å². The fourth-order valence-corrected chi connectivity index (χ4v) is 4.87. The number of carbonyl (C=O) groups excluding carboxylic acids is 1. The second-order valence-electron chi connectivity index (χ2n) is 9.43. The quantitative estimate of drug-likeness (QED) is 0.187. The van der Waals surface area contributed by atoms with E-state index in [0.29, 0.717) is 0 Å². The number of aliphatic hydroxyl groups is 1. The lowest BCUT2D eigenvalue weighted by atomic mass is 9.78. The van der Waals surface area contributed by atoms with E-state index >= 15 is 8.78 Å². The molecular formula is C29H26F6O4. The molecule has 3 aromatic rings. The van der Waals surface area contributed by atoms with Gasteiger partial charge < -0.3 is 14.6 Å². The molecule has 0 radical (unpaired) electrons. The second kappa shape index (κ2) is 11.7. The van der Waals surface area contributed by atoms with E-state index in [1.54, 1.807) is 6.92 Å². The van der Waals surface area contributed by atoms with E-state index in [9.17, 15) is 27.5 Å². The van der Waals surface area contributed by atoms with E-state index in [-0.39, 0.29) is 49.2 Å². The summed E-state index contributed by atoms with van der Waals surface area (Å²) < 4.78 is 97.3. The normalized spacial score (nSPS) is 18.1. The zero-order chi connectivity index (χ0) is 28.4. The Morgan fingerprint density at radius 3 is 1.97 bits per heavy atom. The average molecular weight is 553 g/mol. The first-order valence-electron chi connectivity index (χ1n) is 12.5. The van der Waals surface area contributed by atoms with E-state index in [0.717, 1.165) is 24.3 Å². The third kappa shape index (κ3) is 5.61. The highest BCUT2D eigenvalue weighted by atomic mass is 19.2. The molecule has 208 valence electrons. The van der Waals surface area contributed by atoms with E-state index in [4.69, 9.17) is 9.47 Å². The van der Waals surface area contributed by atoms with Crippen molar-refractivity contribution in [2.45, 2.75) is 51.6 Å². The van der Waals surface area contributed by atoms with Crippen molar-refractivity contribution in [2.24, 2.45) is 5.92 Å². The van der Waals surface area contributed by atoms with Crippen LogP contribution in [0.4, 0.5) is 26.3 Å². The van der Waals surface area contributed by atoms with Gasteiger partial charge in [-0.15, -0.1) is 0 Å². The van der Waals surface area contributed by atoms with Crippen LogP contribution < -0.4 is 9.47 Å². The summed E-state index contributed by atoms with van der Waals surface area (Å²) in [5, 5.41) is 9.48. The Kier molecular flexibility index (Phi) is 8.54. The molecule has 10 heteroatoms. The van der Waals surface area contributed by atoms with Gasteiger partial charge in [0.15, 0.2) is 34.8 Å². The fraction of sp³-hybridized carbons (Fsp3) is 0.345. The molecule has 39 heavy (non-hydrogen) atoms. The minimum absolute atomic E-state index is 0.0386. The number of rotatable bonds is 7. The van der Waals surface area contributed by atoms with Crippen molar-refractivity contribution < 1.29 is 45.7 Å². The molecule has 4 nitrogen and oxygen atoms in total. The van der Waals surface area contributed by atoms with E-state index < -0.39 is 75.7 Å². The van der Waals surface area contributed by atoms with E-state index in [2.05, 4.69) is 0 Å². The van der Waals surface area contributed by atoms with Crippen LogP contribution in [0.15, 0.2) is 36.4 Å². The van der Waals surface area contributed by atoms with Gasteiger partial charge in [0.05, 0.1) is 18.6 Å². The summed E-state index contributed by atoms with van der Waals surface area (Å²) in [5.74, 6) is -10.7. The molecule has 1 aliphatic rings. The average Bonchev–Trinajstić information content (AvgIpc) is 2.91. The van der Waals surface area contributed by atoms with Crippen molar-refractivity contribution in [1.82, 2.24) is 0 Å². The minimum atomic E-state index is -1.39. The molecule has 1 N–H and O–H groups in total. The van der Waals surface area contributed by atoms with Gasteiger partial charge in [-0.3, -0.25) is 4.79 Å². The van der Waals surface area contributed by atoms with E-state index in [1.807, 2.05) is 0 Å². The maximum absolute atomic E-state index is 15.1. The largest absolute Gasteiger partial charge is 0.491 e. The van der Waals surface area contributed by atoms with Crippen LogP contribution >= 0.6 is 0 Å². The molecule has 3 aromatic carbocycles. The van der Waals surface area contributed by atoms with Crippen molar-refractivity contribution in [2.75, 3.05) is 6.61 Å². The highest BCUT2D eigenvalue weighted by Crippen LogP contribution is 2.40. The second-order valence-corrected chi connectivity index (χ2v) is 9.43. The molecule has 1 fully saturated rings. The summed E-state index contributed by atoms with van der Waals surface area (Å²) in [6.45, 7) is 2.95. The number of benzene rings is 3. The lowest BCUT2D eigenvalue weighted by Gasteiger charge is -2.28. The smallest absolute Gasteiger partial charge is 0.314 e. The van der Waals surface area contributed by atoms with Crippen molar-refractivity contribution >= 4 is 5.97 Å². The molecule has 1 aliphatic carbocycles. The Morgan fingerprint density at radius 1 is 0.795 bits per heavy atom. The van der Waals surface area contributed by atoms with Crippen molar-refractivity contribution in [1.29, 1.82) is 0 Å². The fourth-order valence-electron chi connectivity index (χ4n) is 4.87. The number of carbonyl (C=O) groups is 1. The summed E-state index contributed by atoms with van der Waals surface area (Å²) >= 11 is 0. The van der Waals surface area contributed by atoms with Crippen molar-refractivity contribution in [3.05, 3.63) is 82.4 Å². The maximum atomic E-state index is 15.1. The molecule has 0 spiro atoms. The topological polar surface area (TPSA) is 55.8 Å². The van der Waals surface area contributed by atoms with Gasteiger partial charge in [0, 0.05) is 16.7 Å². The number of esters is 1. The van der Waals surface area contributed by atoms with Crippen LogP contribution in [0.5, 0.6) is 11.5 Å². The lowest BCUT2D eigenvalue weighted by Crippen LogP contribution is -2.26. The first kappa shape index (κ1) is 28.5. The zero-order valence-corrected chi connectivity index (χ0v) is 21.2. The van der Waals surface area contributed by atoms with Gasteiger partial charge in [0.2, 0.25) is 11.6 Å². The first-order chi connectivity index (χ1) is 18.5. The summed E-state index contributed by atoms with van der Waals surface area (Å²) in [5.41, 5.74) is -1.13. The van der Waals surface area contributed by atoms with Crippen molar-refractivity contribution in [3.63, 3.8) is 0 Å². The Hall–Kier alpha value is -3.53. The van der Waals surface area contributed by atoms with Gasteiger partial charge in [0.1, 0.15) is 0 Å². The molecule has 1 unspecified atom stereocenters. The summed E-state index contributed by atoms with van der Waals surface area (Å²) in [7, 11) is 0. The van der Waals surface area contributed by atoms with Gasteiger partial charge in [-0.25, -0.2) is 17.6 Å². The van der Waals surface area contributed by atoms with Crippen LogP contribution in [-0.2, 0) is 4.79 Å². The van der Waals surface area contributed by atoms with Crippen LogP contribution in [0.1, 0.15) is 62.7 Å². The van der Waals surface area contributed by atoms with Crippen LogP contribution in [0.3, 0.4) is 0 Å². The van der Waals surface area contributed by atoms with Crippen LogP contribution in [0, 0.1) is 40.8 Å². The molecule has 0 heterocycles. The third-order valence-corrected chi connectivity index (χ3v) is 6.99. The van der Waals surface area contributed by atoms with Gasteiger partial charge in [0.25, 0.3) is 0 Å². The van der Waals surface area contributed by atoms with Gasteiger partial charge in [-0.1, -0.05) is 12.1 Å². The molecule has 0 aromatic heterocycles. The highest BCUT2D eigenvalue weighted by Gasteiger charge is 2.32. The Labute approximate surface area is 221 Å². The Balaban J connectivity index is 1.46. The van der Waals surface area contributed by atoms with Gasteiger partial charge in [-0.2, -0.15) is 8.78 Å². The molecule has 0 aliphatic heterocycles. The lowest BCUT2D eigenvalue weighted by molar-refractivity contribution is -0.140. The summed E-state index contributed by atoms with van der Waals surface area (Å²) in [4.78, 5) is 12.6. The number of ether oxygens (including phenoxy) is 2. The molecule has 1 atom stereocenters. The predicted molar refractivity (Wildman–Crippen MR) is 130 cm³/mol. The molecular weight excluding hydrogens is 526 g/mol. The van der Waals surface area contributed by atoms with E-state index in [1.165, 1.54) is 19.1 Å². The molecule has 0 saturated heterocycles. The Morgan fingerprint density at radius 2 is 1.36 bits per heavy atom. The minimum Gasteiger partial charge on any atom is -0.491 e. The van der Waals surface area contributed by atoms with Gasteiger partial charge in [-0.05, 0) is 75.3 Å². The molecule has 0 bridgehead atoms. The highest BCUT2D eigenvalue weighted by molar-refractivity contribution is 5.75. The van der Waals surface area contributed by atoms with Crippen molar-refractivity contribution in [3.8, 4) is 22.6 Å².